The summed E-state index contributed by atoms with van der Waals surface area (Å²) in [5.41, 5.74) is -3.21. The molecule has 1 aromatic heterocycles. The smallest absolute Gasteiger partial charge is 0.245 e. The van der Waals surface area contributed by atoms with E-state index in [4.69, 9.17) is 38.1 Å². The first kappa shape index (κ1) is 20.1. The molecule has 3 heterocycles. The lowest BCUT2D eigenvalue weighted by molar-refractivity contribution is -0.288. The predicted molar refractivity (Wildman–Crippen MR) is 106 cm³/mol. The van der Waals surface area contributed by atoms with Gasteiger partial charge in [-0.1, -0.05) is 36.2 Å². The molecule has 0 saturated carbocycles. The third kappa shape index (κ3) is 2.22. The summed E-state index contributed by atoms with van der Waals surface area (Å²) >= 11 is 12.5. The first-order chi connectivity index (χ1) is 14.3. The van der Waals surface area contributed by atoms with Crippen molar-refractivity contribution >= 4 is 29.1 Å². The van der Waals surface area contributed by atoms with E-state index in [0.717, 1.165) is 0 Å². The molecular weight excluding hydrogens is 425 g/mol. The summed E-state index contributed by atoms with van der Waals surface area (Å²) in [4.78, 5) is 4.06. The van der Waals surface area contributed by atoms with Gasteiger partial charge in [-0.2, -0.15) is 15.8 Å². The second-order valence-corrected chi connectivity index (χ2v) is 8.02. The summed E-state index contributed by atoms with van der Waals surface area (Å²) in [6.45, 7) is 1.61. The van der Waals surface area contributed by atoms with Gasteiger partial charge in [0.15, 0.2) is 5.41 Å². The van der Waals surface area contributed by atoms with Crippen molar-refractivity contribution in [2.75, 3.05) is 0 Å². The van der Waals surface area contributed by atoms with E-state index < -0.39 is 34.5 Å². The number of nitriles is 3. The van der Waals surface area contributed by atoms with E-state index in [1.807, 2.05) is 12.1 Å². The molecule has 2 aromatic rings. The number of fused-ring (bicyclic) bond motifs is 2. The molecule has 30 heavy (non-hydrogen) atoms. The van der Waals surface area contributed by atoms with Crippen molar-refractivity contribution in [2.24, 2.45) is 16.7 Å². The molecular formula is C21H13Cl2N5O2. The highest BCUT2D eigenvalue weighted by Gasteiger charge is 2.80. The van der Waals surface area contributed by atoms with E-state index in [0.29, 0.717) is 16.1 Å². The zero-order chi connectivity index (χ0) is 21.7. The zero-order valence-corrected chi connectivity index (χ0v) is 17.1. The topological polar surface area (TPSA) is 127 Å². The Bertz CT molecular complexity index is 1170. The fourth-order valence-corrected chi connectivity index (χ4v) is 4.99. The van der Waals surface area contributed by atoms with Gasteiger partial charge in [-0.25, -0.2) is 0 Å². The lowest BCUT2D eigenvalue weighted by Crippen LogP contribution is -2.57. The second kappa shape index (κ2) is 6.69. The van der Waals surface area contributed by atoms with E-state index in [1.165, 1.54) is 18.5 Å². The summed E-state index contributed by atoms with van der Waals surface area (Å²) < 4.78 is 12.2. The number of benzene rings is 1. The molecule has 0 radical (unpaired) electrons. The zero-order valence-electron chi connectivity index (χ0n) is 15.6. The average Bonchev–Trinajstić information content (AvgIpc) is 2.90. The van der Waals surface area contributed by atoms with Crippen molar-refractivity contribution in [3.05, 3.63) is 63.9 Å². The Kier molecular flexibility index (Phi) is 4.49. The first-order valence-electron chi connectivity index (χ1n) is 8.88. The Morgan fingerprint density at radius 3 is 2.43 bits per heavy atom. The van der Waals surface area contributed by atoms with Crippen LogP contribution in [0.2, 0.25) is 10.0 Å². The third-order valence-corrected chi connectivity index (χ3v) is 6.51. The molecule has 4 atom stereocenters. The average molecular weight is 438 g/mol. The minimum absolute atomic E-state index is 0.210. The molecule has 0 spiro atoms. The minimum Gasteiger partial charge on any atom is -0.443 e. The largest absolute Gasteiger partial charge is 0.443 e. The van der Waals surface area contributed by atoms with Gasteiger partial charge in [0.05, 0.1) is 29.1 Å². The van der Waals surface area contributed by atoms with Crippen LogP contribution >= 0.6 is 23.2 Å². The van der Waals surface area contributed by atoms with E-state index in [1.54, 1.807) is 31.2 Å². The maximum Gasteiger partial charge on any atom is 0.245 e. The van der Waals surface area contributed by atoms with Gasteiger partial charge in [0, 0.05) is 28.5 Å². The lowest BCUT2D eigenvalue weighted by atomic mass is 9.53. The quantitative estimate of drug-likeness (QED) is 0.736. The van der Waals surface area contributed by atoms with Gasteiger partial charge in [0.1, 0.15) is 6.10 Å². The molecule has 1 aromatic carbocycles. The Balaban J connectivity index is 2.07. The normalized spacial score (nSPS) is 31.1. The lowest BCUT2D eigenvalue weighted by Gasteiger charge is -2.48. The number of hydrogen-bond donors (Lipinski definition) is 1. The highest BCUT2D eigenvalue weighted by Crippen LogP contribution is 2.69. The van der Waals surface area contributed by atoms with Crippen LogP contribution in [0.15, 0.2) is 42.7 Å². The van der Waals surface area contributed by atoms with Crippen LogP contribution < -0.4 is 0 Å². The Morgan fingerprint density at radius 1 is 1.13 bits per heavy atom. The monoisotopic (exact) mass is 437 g/mol. The van der Waals surface area contributed by atoms with Gasteiger partial charge < -0.3 is 9.47 Å². The number of nitrogens with one attached hydrogen (secondary N) is 1. The Morgan fingerprint density at radius 2 is 1.87 bits per heavy atom. The maximum atomic E-state index is 10.2. The molecule has 0 amide bonds. The molecule has 7 nitrogen and oxygen atoms in total. The van der Waals surface area contributed by atoms with Crippen molar-refractivity contribution in [1.29, 1.82) is 21.2 Å². The fraction of sp³-hybridized carbons (Fsp3) is 0.286. The molecule has 2 bridgehead atoms. The van der Waals surface area contributed by atoms with Gasteiger partial charge in [-0.3, -0.25) is 10.4 Å². The van der Waals surface area contributed by atoms with Crippen molar-refractivity contribution in [1.82, 2.24) is 4.98 Å². The Labute approximate surface area is 182 Å². The van der Waals surface area contributed by atoms with E-state index in [2.05, 4.69) is 11.1 Å². The number of ether oxygens (including phenoxy) is 2. The molecule has 2 fully saturated rings. The molecule has 2 aliphatic rings. The van der Waals surface area contributed by atoms with Gasteiger partial charge in [-0.15, -0.1) is 0 Å². The highest BCUT2D eigenvalue weighted by atomic mass is 35.5. The highest BCUT2D eigenvalue weighted by molar-refractivity contribution is 6.35. The summed E-state index contributed by atoms with van der Waals surface area (Å²) in [6, 6.07) is 14.0. The molecule has 2 saturated heterocycles. The van der Waals surface area contributed by atoms with Crippen LogP contribution in [0.5, 0.6) is 0 Å². The van der Waals surface area contributed by atoms with Crippen molar-refractivity contribution in [2.45, 2.75) is 18.8 Å². The van der Waals surface area contributed by atoms with Crippen molar-refractivity contribution in [3.8, 4) is 18.2 Å². The van der Waals surface area contributed by atoms with Crippen LogP contribution in [-0.4, -0.2) is 10.9 Å². The van der Waals surface area contributed by atoms with Crippen LogP contribution in [0.4, 0.5) is 0 Å². The van der Waals surface area contributed by atoms with Crippen LogP contribution in [0, 0.1) is 56.2 Å². The standard InChI is InChI=1S/C21H13Cl2N5O2/c1-12-20(11-26)18(27)30-21(12,15-5-4-14(22)7-16(15)23)29-17(19(20,9-24)10-25)13-3-2-6-28-8-13/h2-8,12,17,27H,1H3. The van der Waals surface area contributed by atoms with Crippen LogP contribution in [0.25, 0.3) is 0 Å². The maximum absolute atomic E-state index is 10.2. The summed E-state index contributed by atoms with van der Waals surface area (Å²) in [5.74, 6) is -3.10. The molecule has 4 unspecified atom stereocenters. The van der Waals surface area contributed by atoms with E-state index in [9.17, 15) is 15.8 Å². The molecule has 9 heteroatoms. The second-order valence-electron chi connectivity index (χ2n) is 7.18. The van der Waals surface area contributed by atoms with E-state index in [-0.39, 0.29) is 5.02 Å². The summed E-state index contributed by atoms with van der Waals surface area (Å²) in [7, 11) is 0. The number of aromatic nitrogens is 1. The van der Waals surface area contributed by atoms with Gasteiger partial charge in [0.2, 0.25) is 17.1 Å². The summed E-state index contributed by atoms with van der Waals surface area (Å²) in [5, 5.41) is 39.7. The van der Waals surface area contributed by atoms with Crippen LogP contribution in [0.3, 0.4) is 0 Å². The van der Waals surface area contributed by atoms with Crippen molar-refractivity contribution < 1.29 is 9.47 Å². The van der Waals surface area contributed by atoms with Gasteiger partial charge in [0.25, 0.3) is 0 Å². The third-order valence-electron chi connectivity index (χ3n) is 5.96. The van der Waals surface area contributed by atoms with Gasteiger partial charge >= 0.3 is 0 Å². The molecule has 2 aliphatic heterocycles. The Hall–Kier alpha value is -3.15. The van der Waals surface area contributed by atoms with Gasteiger partial charge in [-0.05, 0) is 24.3 Å². The SMILES string of the molecule is CC1C2(c3ccc(Cl)cc3Cl)OC(=N)C1(C#N)C(C#N)(C#N)C(c1cccnc1)O2. The predicted octanol–water partition coefficient (Wildman–Crippen LogP) is 4.50. The van der Waals surface area contributed by atoms with Crippen LogP contribution in [0.1, 0.15) is 24.2 Å². The molecule has 0 aliphatic carbocycles. The van der Waals surface area contributed by atoms with Crippen molar-refractivity contribution in [3.63, 3.8) is 0 Å². The molecule has 4 rings (SSSR count). The number of nitrogens with zero attached hydrogens (tertiary/aromatic N) is 4. The fourth-order valence-electron chi connectivity index (χ4n) is 4.45. The first-order valence-corrected chi connectivity index (χ1v) is 9.63. The summed E-state index contributed by atoms with van der Waals surface area (Å²) in [6.07, 6.45) is 1.76. The van der Waals surface area contributed by atoms with Crippen LogP contribution in [-0.2, 0) is 15.3 Å². The molecule has 148 valence electrons. The minimum atomic E-state index is -2.06. The molecule has 1 N–H and O–H groups in total. The number of pyridine rings is 1. The van der Waals surface area contributed by atoms with E-state index >= 15 is 0 Å². The number of hydrogen-bond acceptors (Lipinski definition) is 7. The number of halogens is 2. The number of rotatable bonds is 2.